The predicted octanol–water partition coefficient (Wildman–Crippen LogP) is 4.29. The van der Waals surface area contributed by atoms with Gasteiger partial charge in [0.15, 0.2) is 0 Å². The predicted molar refractivity (Wildman–Crippen MR) is 149 cm³/mol. The monoisotopic (exact) mass is 594 g/mol. The van der Waals surface area contributed by atoms with Crippen molar-refractivity contribution < 1.29 is 32.9 Å². The van der Waals surface area contributed by atoms with Gasteiger partial charge in [0.05, 0.1) is 23.5 Å². The van der Waals surface area contributed by atoms with E-state index in [0.717, 1.165) is 22.8 Å². The molecule has 2 atom stereocenters. The number of carbonyl (C=O) groups is 2. The van der Waals surface area contributed by atoms with Crippen LogP contribution >= 0.6 is 28.5 Å². The molecule has 0 amide bonds. The lowest BCUT2D eigenvalue weighted by Crippen LogP contribution is -2.33. The number of esters is 2. The maximum absolute atomic E-state index is 13.6. The van der Waals surface area contributed by atoms with Gasteiger partial charge in [0.2, 0.25) is 0 Å². The quantitative estimate of drug-likeness (QED) is 0.210. The summed E-state index contributed by atoms with van der Waals surface area (Å²) in [6, 6.07) is 0. The van der Waals surface area contributed by atoms with Gasteiger partial charge in [0.25, 0.3) is 5.56 Å². The SMILES string of the molecule is Cc1cn([C@H]2CC[C@@H](COP(=O)(SCCOC(=O)C(C)(C)C)SCCOC(=O)C(C)(C)C)O2)c(=O)[nH]c1=O. The molecule has 1 fully saturated rings. The number of aromatic nitrogens is 2. The van der Waals surface area contributed by atoms with Gasteiger partial charge in [-0.2, -0.15) is 0 Å². The lowest BCUT2D eigenvalue weighted by Gasteiger charge is -2.21. The Hall–Kier alpha value is -1.53. The number of hydrogen-bond acceptors (Lipinski definition) is 11. The lowest BCUT2D eigenvalue weighted by atomic mass is 9.97. The Morgan fingerprint density at radius 1 is 1.03 bits per heavy atom. The Bertz CT molecular complexity index is 1100. The molecule has 1 aromatic rings. The van der Waals surface area contributed by atoms with Gasteiger partial charge >= 0.3 is 23.4 Å². The zero-order chi connectivity index (χ0) is 28.7. The average Bonchev–Trinajstić information content (AvgIpc) is 3.28. The average molecular weight is 595 g/mol. The number of nitrogens with zero attached hydrogens (tertiary/aromatic N) is 1. The fourth-order valence-electron chi connectivity index (χ4n) is 3.10. The first kappa shape index (κ1) is 32.7. The summed E-state index contributed by atoms with van der Waals surface area (Å²) in [7, 11) is 0. The number of ether oxygens (including phenoxy) is 3. The fourth-order valence-corrected chi connectivity index (χ4v) is 9.27. The summed E-state index contributed by atoms with van der Waals surface area (Å²) in [5, 5.41) is 0. The number of H-pyrrole nitrogens is 1. The summed E-state index contributed by atoms with van der Waals surface area (Å²) >= 11 is 2.11. The van der Waals surface area contributed by atoms with Crippen molar-refractivity contribution >= 4 is 40.5 Å². The number of hydrogen-bond donors (Lipinski definition) is 1. The molecule has 1 aliphatic heterocycles. The first-order valence-corrected chi connectivity index (χ1v) is 17.2. The third kappa shape index (κ3) is 10.2. The van der Waals surface area contributed by atoms with Crippen LogP contribution in [0.15, 0.2) is 15.8 Å². The molecule has 38 heavy (non-hydrogen) atoms. The first-order valence-electron chi connectivity index (χ1n) is 12.4. The van der Waals surface area contributed by atoms with E-state index in [1.165, 1.54) is 10.8 Å². The first-order chi connectivity index (χ1) is 17.5. The van der Waals surface area contributed by atoms with Gasteiger partial charge in [-0.1, -0.05) is 22.8 Å². The molecule has 2 rings (SSSR count). The van der Waals surface area contributed by atoms with Gasteiger partial charge in [-0.25, -0.2) is 4.79 Å². The standard InChI is InChI=1S/C24H39N2O9PS2/c1-16-14-26(22(30)25-19(16)27)18-9-8-17(35-18)15-34-36(31,37-12-10-32-20(28)23(2,3)4)38-13-11-33-21(29)24(5,6)7/h14,17-18H,8-13,15H2,1-7H3,(H,25,27,30)/t17-,18+/m0/s1. The van der Waals surface area contributed by atoms with Crippen molar-refractivity contribution in [3.8, 4) is 0 Å². The zero-order valence-corrected chi connectivity index (χ0v) is 25.6. The molecule has 0 bridgehead atoms. The van der Waals surface area contributed by atoms with Gasteiger partial charge in [-0.05, 0) is 61.3 Å². The van der Waals surface area contributed by atoms with E-state index < -0.39 is 40.2 Å². The van der Waals surface area contributed by atoms with Crippen molar-refractivity contribution in [3.63, 3.8) is 0 Å². The van der Waals surface area contributed by atoms with E-state index in [0.29, 0.717) is 18.4 Å². The van der Waals surface area contributed by atoms with Crippen LogP contribution in [0.3, 0.4) is 0 Å². The molecule has 1 aromatic heterocycles. The van der Waals surface area contributed by atoms with Gasteiger partial charge in [0.1, 0.15) is 19.4 Å². The molecule has 0 spiro atoms. The minimum absolute atomic E-state index is 0.0222. The van der Waals surface area contributed by atoms with Crippen molar-refractivity contribution in [2.24, 2.45) is 10.8 Å². The highest BCUT2D eigenvalue weighted by molar-refractivity contribution is 8.89. The van der Waals surface area contributed by atoms with Crippen molar-refractivity contribution in [1.82, 2.24) is 9.55 Å². The normalized spacial score (nSPS) is 18.4. The van der Waals surface area contributed by atoms with Gasteiger partial charge in [-0.3, -0.25) is 28.5 Å². The maximum atomic E-state index is 13.6. The number of aryl methyl sites for hydroxylation is 1. The van der Waals surface area contributed by atoms with E-state index in [4.69, 9.17) is 18.7 Å². The van der Waals surface area contributed by atoms with Gasteiger partial charge in [-0.15, -0.1) is 0 Å². The van der Waals surface area contributed by atoms with Crippen molar-refractivity contribution in [3.05, 3.63) is 32.6 Å². The third-order valence-corrected chi connectivity index (χ3v) is 12.6. The largest absolute Gasteiger partial charge is 0.464 e. The van der Waals surface area contributed by atoms with Crippen molar-refractivity contribution in [2.45, 2.75) is 73.6 Å². The number of nitrogens with one attached hydrogen (secondary N) is 1. The maximum Gasteiger partial charge on any atom is 0.330 e. The number of aromatic amines is 1. The number of carbonyl (C=O) groups excluding carboxylic acids is 2. The molecule has 0 radical (unpaired) electrons. The van der Waals surface area contributed by atoms with Crippen LogP contribution in [0.25, 0.3) is 0 Å². The summed E-state index contributed by atoms with van der Waals surface area (Å²) in [4.78, 5) is 50.1. The molecule has 1 N–H and O–H groups in total. The molecular formula is C24H39N2O9PS2. The Morgan fingerprint density at radius 2 is 1.55 bits per heavy atom. The molecule has 0 aromatic carbocycles. The second-order valence-corrected chi connectivity index (χ2v) is 18.6. The third-order valence-electron chi connectivity index (χ3n) is 5.32. The van der Waals surface area contributed by atoms with Crippen LogP contribution in [0.4, 0.5) is 0 Å². The van der Waals surface area contributed by atoms with E-state index in [-0.39, 0.29) is 43.3 Å². The van der Waals surface area contributed by atoms with E-state index in [2.05, 4.69) is 4.98 Å². The summed E-state index contributed by atoms with van der Waals surface area (Å²) in [6.07, 6.45) is 1.57. The van der Waals surface area contributed by atoms with E-state index in [1.54, 1.807) is 48.5 Å². The highest BCUT2D eigenvalue weighted by Crippen LogP contribution is 2.69. The smallest absolute Gasteiger partial charge is 0.330 e. The Balaban J connectivity index is 1.96. The Kier molecular flexibility index (Phi) is 11.8. The molecule has 2 heterocycles. The van der Waals surface area contributed by atoms with Crippen molar-refractivity contribution in [2.75, 3.05) is 31.3 Å². The highest BCUT2D eigenvalue weighted by Gasteiger charge is 2.33. The molecule has 0 unspecified atom stereocenters. The molecule has 11 nitrogen and oxygen atoms in total. The molecule has 0 saturated carbocycles. The molecule has 216 valence electrons. The number of rotatable bonds is 12. The van der Waals surface area contributed by atoms with Gasteiger partial charge in [0, 0.05) is 23.3 Å². The fraction of sp³-hybridized carbons (Fsp3) is 0.750. The van der Waals surface area contributed by atoms with E-state index in [9.17, 15) is 23.7 Å². The summed E-state index contributed by atoms with van der Waals surface area (Å²) in [5.41, 5.74) is -1.89. The Labute approximate surface area is 231 Å². The van der Waals surface area contributed by atoms with Crippen LogP contribution < -0.4 is 11.2 Å². The Morgan fingerprint density at radius 3 is 2.05 bits per heavy atom. The van der Waals surface area contributed by atoms with E-state index >= 15 is 0 Å². The van der Waals surface area contributed by atoms with Crippen LogP contribution in [0.5, 0.6) is 0 Å². The summed E-state index contributed by atoms with van der Waals surface area (Å²) in [6.45, 7) is 12.3. The highest BCUT2D eigenvalue weighted by atomic mass is 33.1. The van der Waals surface area contributed by atoms with Crippen molar-refractivity contribution in [1.29, 1.82) is 0 Å². The molecule has 14 heteroatoms. The molecule has 0 aliphatic carbocycles. The lowest BCUT2D eigenvalue weighted by molar-refractivity contribution is -0.152. The van der Waals surface area contributed by atoms with E-state index in [1.807, 2.05) is 0 Å². The minimum Gasteiger partial charge on any atom is -0.464 e. The van der Waals surface area contributed by atoms with Crippen LogP contribution in [0, 0.1) is 17.8 Å². The second kappa shape index (κ2) is 13.7. The molecule has 1 saturated heterocycles. The zero-order valence-electron chi connectivity index (χ0n) is 23.1. The summed E-state index contributed by atoms with van der Waals surface area (Å²) < 4.78 is 37.3. The van der Waals surface area contributed by atoms with Crippen LogP contribution in [-0.4, -0.2) is 58.9 Å². The van der Waals surface area contributed by atoms with Crippen LogP contribution in [0.2, 0.25) is 0 Å². The van der Waals surface area contributed by atoms with Gasteiger partial charge < -0.3 is 18.7 Å². The second-order valence-electron chi connectivity index (χ2n) is 11.0. The van der Waals surface area contributed by atoms with Crippen LogP contribution in [-0.2, 0) is 32.9 Å². The molecule has 1 aliphatic rings. The summed E-state index contributed by atoms with van der Waals surface area (Å²) in [5.74, 6) is -3.52. The minimum atomic E-state index is -3.33. The van der Waals surface area contributed by atoms with Crippen LogP contribution in [0.1, 0.15) is 66.2 Å². The molecular weight excluding hydrogens is 555 g/mol. The topological polar surface area (TPSA) is 143 Å².